The number of nitrogens with two attached hydrogens (primary N) is 2. The molecule has 0 saturated carbocycles. The van der Waals surface area contributed by atoms with E-state index < -0.39 is 12.1 Å². The van der Waals surface area contributed by atoms with E-state index in [0.717, 1.165) is 38.4 Å². The number of ether oxygens (including phenoxy) is 1. The van der Waals surface area contributed by atoms with Crippen LogP contribution >= 0.6 is 11.8 Å². The lowest BCUT2D eigenvalue weighted by molar-refractivity contribution is -0.120. The molecule has 3 aliphatic heterocycles. The van der Waals surface area contributed by atoms with Gasteiger partial charge in [-0.2, -0.15) is 0 Å². The fraction of sp³-hybridized carbons (Fsp3) is 0.450. The second-order valence-corrected chi connectivity index (χ2v) is 9.09. The third-order valence-corrected chi connectivity index (χ3v) is 7.41. The van der Waals surface area contributed by atoms with Crippen LogP contribution in [0.1, 0.15) is 24.6 Å². The van der Waals surface area contributed by atoms with E-state index in [2.05, 4.69) is 20.2 Å². The summed E-state index contributed by atoms with van der Waals surface area (Å²) < 4.78 is 19.9. The van der Waals surface area contributed by atoms with Crippen molar-refractivity contribution in [3.05, 3.63) is 30.0 Å². The lowest BCUT2D eigenvalue weighted by Gasteiger charge is -2.41. The Morgan fingerprint density at radius 2 is 2.13 bits per heavy atom. The van der Waals surface area contributed by atoms with E-state index in [1.54, 1.807) is 24.4 Å². The molecule has 2 aromatic rings. The Morgan fingerprint density at radius 3 is 2.83 bits per heavy atom. The van der Waals surface area contributed by atoms with E-state index in [0.29, 0.717) is 27.8 Å². The number of aromatic nitrogens is 2. The van der Waals surface area contributed by atoms with Gasteiger partial charge in [0.05, 0.1) is 19.4 Å². The smallest absolute Gasteiger partial charge is 0.263 e. The van der Waals surface area contributed by atoms with Gasteiger partial charge in [0.25, 0.3) is 5.91 Å². The number of hydrogen-bond acceptors (Lipinski definition) is 8. The number of nitrogens with one attached hydrogen (secondary N) is 1. The molecule has 4 heterocycles. The average molecular weight is 431 g/mol. The van der Waals surface area contributed by atoms with Gasteiger partial charge in [0, 0.05) is 40.7 Å². The van der Waals surface area contributed by atoms with Crippen LogP contribution in [0.2, 0.25) is 0 Å². The zero-order valence-corrected chi connectivity index (χ0v) is 17.1. The van der Waals surface area contributed by atoms with Crippen LogP contribution in [0.25, 0.3) is 0 Å². The van der Waals surface area contributed by atoms with Crippen molar-refractivity contribution < 1.29 is 13.9 Å². The molecule has 8 nitrogen and oxygen atoms in total. The van der Waals surface area contributed by atoms with E-state index in [4.69, 9.17) is 16.2 Å². The highest BCUT2D eigenvalue weighted by molar-refractivity contribution is 7.99. The van der Waals surface area contributed by atoms with Gasteiger partial charge in [-0.1, -0.05) is 17.8 Å². The summed E-state index contributed by atoms with van der Waals surface area (Å²) >= 11 is 1.21. The summed E-state index contributed by atoms with van der Waals surface area (Å²) in [5, 5.41) is 3.03. The number of alkyl halides is 1. The van der Waals surface area contributed by atoms with Crippen molar-refractivity contribution in [1.82, 2.24) is 9.97 Å². The Labute approximate surface area is 177 Å². The van der Waals surface area contributed by atoms with Crippen molar-refractivity contribution in [3.63, 3.8) is 0 Å². The summed E-state index contributed by atoms with van der Waals surface area (Å²) in [6.07, 6.45) is 1.90. The van der Waals surface area contributed by atoms with Crippen molar-refractivity contribution in [3.8, 4) is 0 Å². The molecule has 5 N–H and O–H groups in total. The van der Waals surface area contributed by atoms with Gasteiger partial charge in [0.1, 0.15) is 10.8 Å². The number of benzene rings is 1. The molecule has 10 heteroatoms. The minimum atomic E-state index is -1.69. The van der Waals surface area contributed by atoms with Gasteiger partial charge in [-0.05, 0) is 25.0 Å². The monoisotopic (exact) mass is 430 g/mol. The third-order valence-electron chi connectivity index (χ3n) is 6.32. The molecule has 0 bridgehead atoms. The van der Waals surface area contributed by atoms with E-state index >= 15 is 0 Å². The molecule has 1 amide bonds. The van der Waals surface area contributed by atoms with Gasteiger partial charge in [-0.3, -0.25) is 4.79 Å². The highest BCUT2D eigenvalue weighted by atomic mass is 32.2. The number of amides is 1. The Morgan fingerprint density at radius 1 is 1.33 bits per heavy atom. The summed E-state index contributed by atoms with van der Waals surface area (Å²) in [4.78, 5) is 23.4. The van der Waals surface area contributed by atoms with Gasteiger partial charge in [0.2, 0.25) is 6.17 Å². The molecule has 0 radical (unpaired) electrons. The van der Waals surface area contributed by atoms with Crippen LogP contribution in [-0.2, 0) is 9.53 Å². The molecule has 5 rings (SSSR count). The number of hydrogen-bond donors (Lipinski definition) is 3. The molecule has 2 fully saturated rings. The summed E-state index contributed by atoms with van der Waals surface area (Å²) in [6.45, 7) is 2.99. The standard InChI is InChI=1S/C20H23FN6O2S/c21-16-15-11(25-18(16)28)2-1-3-12(15)30-19-17(23)26-14(8-24-19)27-6-4-20(5-7-27)10-29-9-13(20)22/h1-3,8,13,16H,4-7,9-10,22H2,(H2,23,26)(H,25,28)/t13-,16?/m1/s1. The van der Waals surface area contributed by atoms with Crippen LogP contribution in [0.15, 0.2) is 34.3 Å². The van der Waals surface area contributed by atoms with Gasteiger partial charge in [-0.15, -0.1) is 0 Å². The maximum Gasteiger partial charge on any atom is 0.263 e. The number of carbonyl (C=O) groups excluding carboxylic acids is 1. The van der Waals surface area contributed by atoms with E-state index in [1.807, 2.05) is 0 Å². The van der Waals surface area contributed by atoms with Crippen LogP contribution in [0.4, 0.5) is 21.7 Å². The topological polar surface area (TPSA) is 119 Å². The Hall–Kier alpha value is -2.43. The first-order valence-electron chi connectivity index (χ1n) is 9.93. The lowest BCUT2D eigenvalue weighted by Crippen LogP contribution is -2.49. The van der Waals surface area contributed by atoms with Crippen LogP contribution in [-0.4, -0.2) is 48.2 Å². The molecule has 30 heavy (non-hydrogen) atoms. The third kappa shape index (κ3) is 3.19. The normalized spacial score (nSPS) is 24.9. The number of rotatable bonds is 3. The molecule has 2 atom stereocenters. The van der Waals surface area contributed by atoms with Gasteiger partial charge in [-0.25, -0.2) is 14.4 Å². The van der Waals surface area contributed by atoms with Gasteiger partial charge >= 0.3 is 0 Å². The zero-order valence-electron chi connectivity index (χ0n) is 16.3. The largest absolute Gasteiger partial charge is 0.381 e. The van der Waals surface area contributed by atoms with Crippen molar-refractivity contribution in [2.45, 2.75) is 35.0 Å². The lowest BCUT2D eigenvalue weighted by atomic mass is 9.75. The fourth-order valence-corrected chi connectivity index (χ4v) is 5.35. The van der Waals surface area contributed by atoms with Crippen molar-refractivity contribution >= 4 is 35.0 Å². The minimum absolute atomic E-state index is 0.0628. The van der Waals surface area contributed by atoms with Crippen LogP contribution in [0.5, 0.6) is 0 Å². The number of halogens is 1. The van der Waals surface area contributed by atoms with E-state index in [-0.39, 0.29) is 17.3 Å². The maximum atomic E-state index is 14.3. The van der Waals surface area contributed by atoms with Gasteiger partial charge < -0.3 is 26.4 Å². The highest BCUT2D eigenvalue weighted by Crippen LogP contribution is 2.43. The fourth-order valence-electron chi connectivity index (χ4n) is 4.42. The second-order valence-electron chi connectivity index (χ2n) is 8.06. The van der Waals surface area contributed by atoms with Crippen LogP contribution in [0, 0.1) is 5.41 Å². The molecule has 1 unspecified atom stereocenters. The number of nitrogens with zero attached hydrogens (tertiary/aromatic N) is 3. The molecule has 1 aromatic heterocycles. The van der Waals surface area contributed by atoms with Crippen LogP contribution < -0.4 is 21.7 Å². The minimum Gasteiger partial charge on any atom is -0.381 e. The molecular formula is C20H23FN6O2S. The molecule has 0 aliphatic carbocycles. The first-order valence-corrected chi connectivity index (χ1v) is 10.7. The summed E-state index contributed by atoms with van der Waals surface area (Å²) in [7, 11) is 0. The number of carbonyl (C=O) groups is 1. The second kappa shape index (κ2) is 7.36. The zero-order chi connectivity index (χ0) is 20.9. The first kappa shape index (κ1) is 19.5. The Balaban J connectivity index is 1.32. The molecule has 3 aliphatic rings. The van der Waals surface area contributed by atoms with E-state index in [1.165, 1.54) is 11.8 Å². The molecule has 158 valence electrons. The van der Waals surface area contributed by atoms with Crippen LogP contribution in [0.3, 0.4) is 0 Å². The van der Waals surface area contributed by atoms with Crippen molar-refractivity contribution in [2.75, 3.05) is 42.3 Å². The summed E-state index contributed by atoms with van der Waals surface area (Å²) in [5.41, 5.74) is 13.3. The predicted molar refractivity (Wildman–Crippen MR) is 112 cm³/mol. The number of fused-ring (bicyclic) bond motifs is 1. The molecule has 1 spiro atoms. The number of piperidine rings is 1. The SMILES string of the molecule is Nc1nc(N2CCC3(CC2)COC[C@H]3N)cnc1Sc1cccc2c1C(F)C(=O)N2. The molecule has 2 saturated heterocycles. The van der Waals surface area contributed by atoms with E-state index in [9.17, 15) is 9.18 Å². The first-order chi connectivity index (χ1) is 14.5. The van der Waals surface area contributed by atoms with Gasteiger partial charge in [0.15, 0.2) is 5.82 Å². The predicted octanol–water partition coefficient (Wildman–Crippen LogP) is 2.12. The van der Waals surface area contributed by atoms with Crippen molar-refractivity contribution in [2.24, 2.45) is 11.1 Å². The summed E-state index contributed by atoms with van der Waals surface area (Å²) in [6, 6.07) is 5.28. The summed E-state index contributed by atoms with van der Waals surface area (Å²) in [5.74, 6) is 0.351. The number of anilines is 3. The number of nitrogen functional groups attached to an aromatic ring is 1. The van der Waals surface area contributed by atoms with Crippen molar-refractivity contribution in [1.29, 1.82) is 0 Å². The molecular weight excluding hydrogens is 407 g/mol. The highest BCUT2D eigenvalue weighted by Gasteiger charge is 2.44. The average Bonchev–Trinajstić information content (AvgIpc) is 3.24. The quantitative estimate of drug-likeness (QED) is 0.677. The molecule has 1 aromatic carbocycles. The Bertz CT molecular complexity index is 997. The Kier molecular flexibility index (Phi) is 4.79. The maximum absolute atomic E-state index is 14.3.